The fourth-order valence-corrected chi connectivity index (χ4v) is 2.07. The number of thiophene rings is 1. The minimum absolute atomic E-state index is 0.129. The topological polar surface area (TPSA) is 26.0 Å². The zero-order chi connectivity index (χ0) is 8.27. The van der Waals surface area contributed by atoms with Crippen LogP contribution >= 0.6 is 27.3 Å². The first-order chi connectivity index (χ1) is 5.20. The Morgan fingerprint density at radius 1 is 1.73 bits per heavy atom. The average molecular weight is 232 g/mol. The molecule has 1 atom stereocenters. The summed E-state index contributed by atoms with van der Waals surface area (Å²) < 4.78 is 1.14. The molecule has 0 aliphatic carbocycles. The minimum atomic E-state index is 0.129. The first-order valence-corrected chi connectivity index (χ1v) is 5.04. The van der Waals surface area contributed by atoms with E-state index in [0.717, 1.165) is 4.47 Å². The van der Waals surface area contributed by atoms with Crippen LogP contribution in [0.25, 0.3) is 6.08 Å². The molecule has 0 radical (unpaired) electrons. The molecule has 0 bridgehead atoms. The van der Waals surface area contributed by atoms with Gasteiger partial charge in [-0.1, -0.05) is 6.08 Å². The van der Waals surface area contributed by atoms with Crippen LogP contribution in [-0.2, 0) is 0 Å². The molecule has 1 aromatic rings. The lowest BCUT2D eigenvalue weighted by atomic mass is 10.3. The molecule has 60 valence electrons. The first kappa shape index (κ1) is 8.97. The highest BCUT2D eigenvalue weighted by Gasteiger charge is 1.95. The van der Waals surface area contributed by atoms with E-state index in [2.05, 4.69) is 15.9 Å². The first-order valence-electron chi connectivity index (χ1n) is 3.37. The fourth-order valence-electron chi connectivity index (χ4n) is 0.664. The normalized spacial score (nSPS) is 14.1. The van der Waals surface area contributed by atoms with Gasteiger partial charge >= 0.3 is 0 Å². The van der Waals surface area contributed by atoms with Crippen molar-refractivity contribution in [3.05, 3.63) is 26.9 Å². The van der Waals surface area contributed by atoms with Crippen LogP contribution in [0.1, 0.15) is 11.8 Å². The van der Waals surface area contributed by atoms with Gasteiger partial charge in [-0.2, -0.15) is 0 Å². The van der Waals surface area contributed by atoms with Crippen LogP contribution in [0.3, 0.4) is 0 Å². The summed E-state index contributed by atoms with van der Waals surface area (Å²) in [7, 11) is 0. The van der Waals surface area contributed by atoms with E-state index in [9.17, 15) is 0 Å². The van der Waals surface area contributed by atoms with Crippen molar-refractivity contribution in [2.75, 3.05) is 0 Å². The van der Waals surface area contributed by atoms with E-state index in [-0.39, 0.29) is 6.04 Å². The summed E-state index contributed by atoms with van der Waals surface area (Å²) in [6.07, 6.45) is 4.02. The molecule has 2 N–H and O–H groups in total. The summed E-state index contributed by atoms with van der Waals surface area (Å²) in [5.74, 6) is 0. The fraction of sp³-hybridized carbons (Fsp3) is 0.250. The van der Waals surface area contributed by atoms with Gasteiger partial charge < -0.3 is 5.73 Å². The van der Waals surface area contributed by atoms with Gasteiger partial charge in [0.15, 0.2) is 0 Å². The Morgan fingerprint density at radius 3 is 2.91 bits per heavy atom. The lowest BCUT2D eigenvalue weighted by molar-refractivity contribution is 0.931. The summed E-state index contributed by atoms with van der Waals surface area (Å²) in [5.41, 5.74) is 5.56. The summed E-state index contributed by atoms with van der Waals surface area (Å²) >= 11 is 5.14. The van der Waals surface area contributed by atoms with Crippen LogP contribution in [0.2, 0.25) is 0 Å². The third kappa shape index (κ3) is 2.77. The third-order valence-electron chi connectivity index (χ3n) is 1.20. The van der Waals surface area contributed by atoms with Gasteiger partial charge in [-0.25, -0.2) is 0 Å². The van der Waals surface area contributed by atoms with Crippen molar-refractivity contribution >= 4 is 33.3 Å². The van der Waals surface area contributed by atoms with Gasteiger partial charge in [0.2, 0.25) is 0 Å². The average Bonchev–Trinajstić information content (AvgIpc) is 2.31. The highest BCUT2D eigenvalue weighted by Crippen LogP contribution is 2.23. The van der Waals surface area contributed by atoms with Crippen molar-refractivity contribution in [1.29, 1.82) is 0 Å². The summed E-state index contributed by atoms with van der Waals surface area (Å²) in [4.78, 5) is 1.22. The number of nitrogens with two attached hydrogens (primary N) is 1. The highest BCUT2D eigenvalue weighted by atomic mass is 79.9. The van der Waals surface area contributed by atoms with Crippen LogP contribution in [0.15, 0.2) is 22.0 Å². The molecule has 3 heteroatoms. The highest BCUT2D eigenvalue weighted by molar-refractivity contribution is 9.10. The minimum Gasteiger partial charge on any atom is -0.325 e. The van der Waals surface area contributed by atoms with Crippen LogP contribution < -0.4 is 5.73 Å². The molecule has 0 aliphatic heterocycles. The zero-order valence-electron chi connectivity index (χ0n) is 6.25. The van der Waals surface area contributed by atoms with E-state index in [4.69, 9.17) is 5.73 Å². The molecule has 0 fully saturated rings. The van der Waals surface area contributed by atoms with Gasteiger partial charge in [-0.3, -0.25) is 0 Å². The maximum absolute atomic E-state index is 5.56. The quantitative estimate of drug-likeness (QED) is 0.833. The summed E-state index contributed by atoms with van der Waals surface area (Å²) in [6.45, 7) is 1.96. The van der Waals surface area contributed by atoms with Crippen LogP contribution in [0.5, 0.6) is 0 Å². The predicted molar refractivity (Wildman–Crippen MR) is 54.7 cm³/mol. The molecule has 11 heavy (non-hydrogen) atoms. The lowest BCUT2D eigenvalue weighted by Gasteiger charge is -1.93. The SMILES string of the molecule is CC(N)/C=C/c1sccc1Br. The van der Waals surface area contributed by atoms with Crippen molar-refractivity contribution in [2.24, 2.45) is 5.73 Å². The van der Waals surface area contributed by atoms with E-state index in [0.29, 0.717) is 0 Å². The number of rotatable bonds is 2. The number of hydrogen-bond acceptors (Lipinski definition) is 2. The number of halogens is 1. The second-order valence-electron chi connectivity index (χ2n) is 2.35. The molecule has 1 rings (SSSR count). The summed E-state index contributed by atoms with van der Waals surface area (Å²) in [5, 5.41) is 2.05. The largest absolute Gasteiger partial charge is 0.325 e. The van der Waals surface area contributed by atoms with E-state index < -0.39 is 0 Å². The van der Waals surface area contributed by atoms with Gasteiger partial charge in [0.1, 0.15) is 0 Å². The molecule has 1 heterocycles. The van der Waals surface area contributed by atoms with Crippen molar-refractivity contribution in [3.63, 3.8) is 0 Å². The second kappa shape index (κ2) is 4.04. The van der Waals surface area contributed by atoms with Gasteiger partial charge in [0, 0.05) is 15.4 Å². The maximum Gasteiger partial charge on any atom is 0.0409 e. The Hall–Kier alpha value is -0.120. The van der Waals surface area contributed by atoms with Gasteiger partial charge in [0.25, 0.3) is 0 Å². The smallest absolute Gasteiger partial charge is 0.0409 e. The molecule has 0 spiro atoms. The van der Waals surface area contributed by atoms with Crippen LogP contribution in [-0.4, -0.2) is 6.04 Å². The monoisotopic (exact) mass is 231 g/mol. The molecule has 0 aliphatic rings. The van der Waals surface area contributed by atoms with Gasteiger partial charge in [-0.05, 0) is 40.4 Å². The molecular weight excluding hydrogens is 222 g/mol. The molecule has 1 aromatic heterocycles. The predicted octanol–water partition coefficient (Wildman–Crippen LogP) is 2.87. The Balaban J connectivity index is 2.71. The molecular formula is C8H10BrNS. The van der Waals surface area contributed by atoms with Crippen molar-refractivity contribution in [3.8, 4) is 0 Å². The molecule has 0 saturated heterocycles. The van der Waals surface area contributed by atoms with Crippen molar-refractivity contribution < 1.29 is 0 Å². The van der Waals surface area contributed by atoms with Gasteiger partial charge in [0.05, 0.1) is 0 Å². The van der Waals surface area contributed by atoms with E-state index >= 15 is 0 Å². The Kier molecular flexibility index (Phi) is 3.30. The summed E-state index contributed by atoms with van der Waals surface area (Å²) in [6, 6.07) is 2.16. The second-order valence-corrected chi connectivity index (χ2v) is 4.15. The van der Waals surface area contributed by atoms with Crippen LogP contribution in [0.4, 0.5) is 0 Å². The van der Waals surface area contributed by atoms with Crippen molar-refractivity contribution in [1.82, 2.24) is 0 Å². The zero-order valence-corrected chi connectivity index (χ0v) is 8.65. The van der Waals surface area contributed by atoms with Gasteiger partial charge in [-0.15, -0.1) is 11.3 Å². The Labute approximate surface area is 79.0 Å². The molecule has 0 aromatic carbocycles. The number of hydrogen-bond donors (Lipinski definition) is 1. The molecule has 1 unspecified atom stereocenters. The molecule has 0 saturated carbocycles. The van der Waals surface area contributed by atoms with E-state index in [1.807, 2.05) is 30.5 Å². The maximum atomic E-state index is 5.56. The Morgan fingerprint density at radius 2 is 2.45 bits per heavy atom. The molecule has 1 nitrogen and oxygen atoms in total. The molecule has 0 amide bonds. The Bertz CT molecular complexity index is 252. The van der Waals surface area contributed by atoms with E-state index in [1.54, 1.807) is 11.3 Å². The van der Waals surface area contributed by atoms with Crippen molar-refractivity contribution in [2.45, 2.75) is 13.0 Å². The standard InChI is InChI=1S/C8H10BrNS/c1-6(10)2-3-8-7(9)4-5-11-8/h2-6H,10H2,1H3/b3-2+. The third-order valence-corrected chi connectivity index (χ3v) is 3.03. The van der Waals surface area contributed by atoms with E-state index in [1.165, 1.54) is 4.88 Å². The lowest BCUT2D eigenvalue weighted by Crippen LogP contribution is -2.09. The van der Waals surface area contributed by atoms with Crippen LogP contribution in [0, 0.1) is 0 Å².